The van der Waals surface area contributed by atoms with Crippen molar-refractivity contribution in [2.24, 2.45) is 0 Å². The van der Waals surface area contributed by atoms with E-state index < -0.39 is 5.82 Å². The fraction of sp³-hybridized carbons (Fsp3) is 0.385. The van der Waals surface area contributed by atoms with Gasteiger partial charge in [0.05, 0.1) is 24.8 Å². The second kappa shape index (κ2) is 7.28. The van der Waals surface area contributed by atoms with Crippen LogP contribution in [0.5, 0.6) is 5.75 Å². The molecule has 4 nitrogen and oxygen atoms in total. The van der Waals surface area contributed by atoms with Crippen molar-refractivity contribution in [3.63, 3.8) is 0 Å². The van der Waals surface area contributed by atoms with Crippen molar-refractivity contribution in [2.45, 2.75) is 19.8 Å². The number of nitrogens with zero attached hydrogens (tertiary/aromatic N) is 1. The molecule has 0 aliphatic carbocycles. The molecule has 0 amide bonds. The molecule has 0 aromatic heterocycles. The lowest BCUT2D eigenvalue weighted by molar-refractivity contribution is -0.143. The van der Waals surface area contributed by atoms with Gasteiger partial charge in [-0.1, -0.05) is 0 Å². The van der Waals surface area contributed by atoms with Gasteiger partial charge >= 0.3 is 5.97 Å². The second-order valence-corrected chi connectivity index (χ2v) is 3.51. The van der Waals surface area contributed by atoms with E-state index in [1.54, 1.807) is 6.92 Å². The highest BCUT2D eigenvalue weighted by Gasteiger charge is 2.06. The maximum absolute atomic E-state index is 13.4. The van der Waals surface area contributed by atoms with E-state index in [4.69, 9.17) is 14.7 Å². The highest BCUT2D eigenvalue weighted by atomic mass is 19.1. The lowest BCUT2D eigenvalue weighted by Gasteiger charge is -2.07. The van der Waals surface area contributed by atoms with Crippen LogP contribution in [0.3, 0.4) is 0 Å². The molecule has 0 aliphatic heterocycles. The molecule has 1 aromatic rings. The molecule has 0 bridgehead atoms. The van der Waals surface area contributed by atoms with Crippen molar-refractivity contribution in [3.05, 3.63) is 29.6 Å². The molecule has 1 rings (SSSR count). The summed E-state index contributed by atoms with van der Waals surface area (Å²) in [6.45, 7) is 2.31. The number of esters is 1. The average molecular weight is 251 g/mol. The van der Waals surface area contributed by atoms with E-state index in [2.05, 4.69) is 0 Å². The summed E-state index contributed by atoms with van der Waals surface area (Å²) in [4.78, 5) is 11.0. The summed E-state index contributed by atoms with van der Waals surface area (Å²) in [7, 11) is 0. The largest absolute Gasteiger partial charge is 0.491 e. The van der Waals surface area contributed by atoms with Crippen molar-refractivity contribution in [1.82, 2.24) is 0 Å². The average Bonchev–Trinajstić information content (AvgIpc) is 2.36. The molecule has 18 heavy (non-hydrogen) atoms. The smallest absolute Gasteiger partial charge is 0.305 e. The van der Waals surface area contributed by atoms with E-state index in [1.807, 2.05) is 6.07 Å². The Balaban J connectivity index is 2.36. The maximum atomic E-state index is 13.4. The van der Waals surface area contributed by atoms with Crippen LogP contribution in [-0.4, -0.2) is 19.2 Å². The monoisotopic (exact) mass is 251 g/mol. The first-order valence-corrected chi connectivity index (χ1v) is 5.65. The number of hydrogen-bond acceptors (Lipinski definition) is 4. The van der Waals surface area contributed by atoms with E-state index in [0.29, 0.717) is 13.0 Å². The summed E-state index contributed by atoms with van der Waals surface area (Å²) < 4.78 is 23.3. The van der Waals surface area contributed by atoms with Gasteiger partial charge in [-0.05, 0) is 31.5 Å². The van der Waals surface area contributed by atoms with Crippen LogP contribution in [0, 0.1) is 17.1 Å². The SMILES string of the molecule is CCOC(=O)CCCOc1ccc(C#N)cc1F. The topological polar surface area (TPSA) is 59.3 Å². The summed E-state index contributed by atoms with van der Waals surface area (Å²) >= 11 is 0. The summed E-state index contributed by atoms with van der Waals surface area (Å²) in [6.07, 6.45) is 0.698. The number of halogens is 1. The van der Waals surface area contributed by atoms with Crippen molar-refractivity contribution in [1.29, 1.82) is 5.26 Å². The highest BCUT2D eigenvalue weighted by Crippen LogP contribution is 2.18. The number of carbonyl (C=O) groups excluding carboxylic acids is 1. The van der Waals surface area contributed by atoms with Gasteiger partial charge in [-0.3, -0.25) is 4.79 Å². The Bertz CT molecular complexity index is 454. The van der Waals surface area contributed by atoms with Crippen LogP contribution in [0.2, 0.25) is 0 Å². The van der Waals surface area contributed by atoms with Gasteiger partial charge in [0.2, 0.25) is 0 Å². The van der Waals surface area contributed by atoms with Gasteiger partial charge in [0.15, 0.2) is 11.6 Å². The second-order valence-electron chi connectivity index (χ2n) is 3.51. The highest BCUT2D eigenvalue weighted by molar-refractivity contribution is 5.69. The third kappa shape index (κ3) is 4.42. The summed E-state index contributed by atoms with van der Waals surface area (Å²) in [5, 5.41) is 8.57. The third-order valence-corrected chi connectivity index (χ3v) is 2.15. The number of benzene rings is 1. The zero-order valence-electron chi connectivity index (χ0n) is 10.1. The van der Waals surface area contributed by atoms with Crippen LogP contribution >= 0.6 is 0 Å². The van der Waals surface area contributed by atoms with Crippen LogP contribution in [0.15, 0.2) is 18.2 Å². The summed E-state index contributed by atoms with van der Waals surface area (Å²) in [5.74, 6) is -0.788. The summed E-state index contributed by atoms with van der Waals surface area (Å²) in [6, 6.07) is 5.82. The molecule has 1 aromatic carbocycles. The molecule has 0 aliphatic rings. The molecule has 0 saturated carbocycles. The Labute approximate surface area is 105 Å². The van der Waals surface area contributed by atoms with Gasteiger partial charge in [-0.15, -0.1) is 0 Å². The van der Waals surface area contributed by atoms with Crippen LogP contribution < -0.4 is 4.74 Å². The normalized spacial score (nSPS) is 9.61. The predicted octanol–water partition coefficient (Wildman–Crippen LogP) is 2.42. The fourth-order valence-corrected chi connectivity index (χ4v) is 1.32. The first kappa shape index (κ1) is 14.0. The van der Waals surface area contributed by atoms with E-state index in [0.717, 1.165) is 6.07 Å². The quantitative estimate of drug-likeness (QED) is 0.575. The molecule has 0 fully saturated rings. The number of ether oxygens (including phenoxy) is 2. The van der Waals surface area contributed by atoms with Gasteiger partial charge < -0.3 is 9.47 Å². The molecule has 0 N–H and O–H groups in total. The Kier molecular flexibility index (Phi) is 5.65. The minimum Gasteiger partial charge on any atom is -0.491 e. The van der Waals surface area contributed by atoms with Gasteiger partial charge in [0.25, 0.3) is 0 Å². The Morgan fingerprint density at radius 1 is 1.50 bits per heavy atom. The van der Waals surface area contributed by atoms with Crippen LogP contribution in [-0.2, 0) is 9.53 Å². The molecule has 0 heterocycles. The molecule has 96 valence electrons. The van der Waals surface area contributed by atoms with Crippen molar-refractivity contribution in [2.75, 3.05) is 13.2 Å². The molecular formula is C13H14FNO3. The lowest BCUT2D eigenvalue weighted by atomic mass is 10.2. The Morgan fingerprint density at radius 2 is 2.28 bits per heavy atom. The van der Waals surface area contributed by atoms with Crippen LogP contribution in [0.1, 0.15) is 25.3 Å². The molecule has 0 unspecified atom stereocenters. The number of carbonyl (C=O) groups is 1. The fourth-order valence-electron chi connectivity index (χ4n) is 1.32. The van der Waals surface area contributed by atoms with E-state index in [-0.39, 0.29) is 30.3 Å². The molecule has 0 atom stereocenters. The van der Waals surface area contributed by atoms with Crippen LogP contribution in [0.4, 0.5) is 4.39 Å². The van der Waals surface area contributed by atoms with Crippen molar-refractivity contribution >= 4 is 5.97 Å². The molecular weight excluding hydrogens is 237 g/mol. The number of hydrogen-bond donors (Lipinski definition) is 0. The number of nitriles is 1. The van der Waals surface area contributed by atoms with Gasteiger partial charge in [-0.2, -0.15) is 5.26 Å². The predicted molar refractivity (Wildman–Crippen MR) is 62.5 cm³/mol. The number of rotatable bonds is 6. The zero-order valence-corrected chi connectivity index (χ0v) is 10.1. The minimum atomic E-state index is -0.579. The van der Waals surface area contributed by atoms with Crippen LogP contribution in [0.25, 0.3) is 0 Å². The van der Waals surface area contributed by atoms with E-state index in [1.165, 1.54) is 12.1 Å². The standard InChI is InChI=1S/C13H14FNO3/c1-2-17-13(16)4-3-7-18-12-6-5-10(9-15)8-11(12)14/h5-6,8H,2-4,7H2,1H3. The van der Waals surface area contributed by atoms with E-state index >= 15 is 0 Å². The minimum absolute atomic E-state index is 0.0814. The van der Waals surface area contributed by atoms with Crippen molar-refractivity contribution < 1.29 is 18.7 Å². The Morgan fingerprint density at radius 3 is 2.89 bits per heavy atom. The summed E-state index contributed by atoms with van der Waals surface area (Å²) in [5.41, 5.74) is 0.242. The van der Waals surface area contributed by atoms with E-state index in [9.17, 15) is 9.18 Å². The van der Waals surface area contributed by atoms with Crippen molar-refractivity contribution in [3.8, 4) is 11.8 Å². The Hall–Kier alpha value is -2.09. The zero-order chi connectivity index (χ0) is 13.4. The lowest BCUT2D eigenvalue weighted by Crippen LogP contribution is -2.07. The maximum Gasteiger partial charge on any atom is 0.305 e. The first-order valence-electron chi connectivity index (χ1n) is 5.65. The molecule has 0 radical (unpaired) electrons. The van der Waals surface area contributed by atoms with Gasteiger partial charge in [0.1, 0.15) is 0 Å². The molecule has 0 spiro atoms. The van der Waals surface area contributed by atoms with Gasteiger partial charge in [0, 0.05) is 6.42 Å². The third-order valence-electron chi connectivity index (χ3n) is 2.15. The van der Waals surface area contributed by atoms with Gasteiger partial charge in [-0.25, -0.2) is 4.39 Å². The molecule has 0 saturated heterocycles. The first-order chi connectivity index (χ1) is 8.67. The molecule has 5 heteroatoms.